The van der Waals surface area contributed by atoms with Crippen LogP contribution in [0, 0.1) is 0 Å². The minimum absolute atomic E-state index is 0.0243. The monoisotopic (exact) mass is 571 g/mol. The Morgan fingerprint density at radius 1 is 1.05 bits per heavy atom. The highest BCUT2D eigenvalue weighted by atomic mass is 35.5. The van der Waals surface area contributed by atoms with E-state index in [4.69, 9.17) is 27.9 Å². The maximum Gasteiger partial charge on any atom is 0.242 e. The molecule has 2 aromatic rings. The number of benzene rings is 2. The highest BCUT2D eigenvalue weighted by Gasteiger charge is 2.27. The second-order valence-electron chi connectivity index (χ2n) is 8.55. The van der Waals surface area contributed by atoms with Crippen LogP contribution >= 0.6 is 23.2 Å². The van der Waals surface area contributed by atoms with Gasteiger partial charge in [0.05, 0.1) is 18.6 Å². The number of hydrogen-bond acceptors (Lipinski definition) is 5. The fraction of sp³-hybridized carbons (Fsp3) is 0.462. The molecule has 1 atom stereocenters. The molecule has 0 unspecified atom stereocenters. The third-order valence-corrected chi connectivity index (χ3v) is 7.60. The van der Waals surface area contributed by atoms with Crippen LogP contribution in [0.15, 0.2) is 42.5 Å². The van der Waals surface area contributed by atoms with Gasteiger partial charge < -0.3 is 15.0 Å². The van der Waals surface area contributed by atoms with E-state index in [2.05, 4.69) is 5.32 Å². The van der Waals surface area contributed by atoms with Crippen LogP contribution < -0.4 is 14.4 Å². The maximum absolute atomic E-state index is 13.3. The Morgan fingerprint density at radius 2 is 1.68 bits per heavy atom. The molecule has 0 aromatic heterocycles. The van der Waals surface area contributed by atoms with Crippen molar-refractivity contribution < 1.29 is 22.7 Å². The largest absolute Gasteiger partial charge is 0.494 e. The van der Waals surface area contributed by atoms with Crippen LogP contribution in [0.2, 0.25) is 10.0 Å². The number of amides is 2. The predicted octanol–water partition coefficient (Wildman–Crippen LogP) is 4.88. The van der Waals surface area contributed by atoms with Crippen LogP contribution in [0.25, 0.3) is 0 Å². The lowest BCUT2D eigenvalue weighted by atomic mass is 10.1. The van der Waals surface area contributed by atoms with E-state index in [1.165, 1.54) is 9.21 Å². The Morgan fingerprint density at radius 3 is 2.22 bits per heavy atom. The zero-order valence-electron chi connectivity index (χ0n) is 21.7. The summed E-state index contributed by atoms with van der Waals surface area (Å²) in [5.41, 5.74) is 1.02. The highest BCUT2D eigenvalue weighted by molar-refractivity contribution is 7.92. The van der Waals surface area contributed by atoms with Crippen molar-refractivity contribution in [2.45, 2.75) is 52.6 Å². The SMILES string of the molecule is CCCNC(=O)[C@@H](C)N(Cc1c(Cl)cccc1Cl)C(=O)CCCN(c1ccc(OCC)cc1)S(C)(=O)=O. The fourth-order valence-corrected chi connectivity index (χ4v) is 5.19. The summed E-state index contributed by atoms with van der Waals surface area (Å²) in [6.45, 7) is 6.59. The maximum atomic E-state index is 13.3. The van der Waals surface area contributed by atoms with Gasteiger partial charge in [-0.25, -0.2) is 8.42 Å². The predicted molar refractivity (Wildman–Crippen MR) is 149 cm³/mol. The van der Waals surface area contributed by atoms with Crippen LogP contribution in [-0.4, -0.2) is 57.1 Å². The Kier molecular flexibility index (Phi) is 12.0. The van der Waals surface area contributed by atoms with Gasteiger partial charge in [0.15, 0.2) is 0 Å². The number of anilines is 1. The van der Waals surface area contributed by atoms with Gasteiger partial charge in [-0.05, 0) is 63.1 Å². The van der Waals surface area contributed by atoms with E-state index in [0.29, 0.717) is 40.2 Å². The van der Waals surface area contributed by atoms with E-state index in [1.54, 1.807) is 49.4 Å². The van der Waals surface area contributed by atoms with Crippen molar-refractivity contribution in [2.24, 2.45) is 0 Å². The number of carbonyl (C=O) groups excluding carboxylic acids is 2. The summed E-state index contributed by atoms with van der Waals surface area (Å²) in [4.78, 5) is 27.5. The summed E-state index contributed by atoms with van der Waals surface area (Å²) in [7, 11) is -3.59. The second kappa shape index (κ2) is 14.4. The van der Waals surface area contributed by atoms with Gasteiger partial charge in [-0.3, -0.25) is 13.9 Å². The van der Waals surface area contributed by atoms with Gasteiger partial charge in [0.1, 0.15) is 11.8 Å². The zero-order chi connectivity index (χ0) is 27.6. The van der Waals surface area contributed by atoms with Crippen molar-refractivity contribution in [1.29, 1.82) is 0 Å². The second-order valence-corrected chi connectivity index (χ2v) is 11.3. The number of carbonyl (C=O) groups is 2. The standard InChI is InChI=1S/C26H35Cl2N3O5S/c1-5-16-29-26(33)19(3)30(18-22-23(27)9-7-10-24(22)28)25(32)11-8-17-31(37(4,34)35)20-12-14-21(15-13-20)36-6-2/h7,9-10,12-15,19H,5-6,8,11,16-18H2,1-4H3,(H,29,33)/t19-/m1/s1. The molecule has 204 valence electrons. The Labute approximate surface area is 229 Å². The van der Waals surface area contributed by atoms with Crippen molar-refractivity contribution in [3.8, 4) is 5.75 Å². The minimum Gasteiger partial charge on any atom is -0.494 e. The van der Waals surface area contributed by atoms with Crippen molar-refractivity contribution in [3.63, 3.8) is 0 Å². The normalized spacial score (nSPS) is 12.1. The van der Waals surface area contributed by atoms with E-state index in [0.717, 1.165) is 12.7 Å². The van der Waals surface area contributed by atoms with Gasteiger partial charge in [0, 0.05) is 41.7 Å². The summed E-state index contributed by atoms with van der Waals surface area (Å²) >= 11 is 12.7. The molecular weight excluding hydrogens is 537 g/mol. The minimum atomic E-state index is -3.59. The first-order chi connectivity index (χ1) is 17.5. The first-order valence-electron chi connectivity index (χ1n) is 12.2. The molecule has 0 saturated heterocycles. The van der Waals surface area contributed by atoms with Crippen LogP contribution in [0.3, 0.4) is 0 Å². The molecule has 0 aliphatic heterocycles. The molecule has 2 aromatic carbocycles. The first-order valence-corrected chi connectivity index (χ1v) is 14.8. The average Bonchev–Trinajstić information content (AvgIpc) is 2.84. The van der Waals surface area contributed by atoms with Crippen molar-refractivity contribution in [2.75, 3.05) is 30.3 Å². The molecule has 0 aliphatic carbocycles. The quantitative estimate of drug-likeness (QED) is 0.348. The first kappa shape index (κ1) is 30.7. The topological polar surface area (TPSA) is 96.0 Å². The molecule has 0 heterocycles. The summed E-state index contributed by atoms with van der Waals surface area (Å²) in [5.74, 6) is 0.0416. The van der Waals surface area contributed by atoms with Crippen LogP contribution in [0.5, 0.6) is 5.75 Å². The molecule has 2 amide bonds. The summed E-state index contributed by atoms with van der Waals surface area (Å²) < 4.78 is 31.6. The molecule has 11 heteroatoms. The molecular formula is C26H35Cl2N3O5S. The summed E-state index contributed by atoms with van der Waals surface area (Å²) in [5, 5.41) is 3.60. The van der Waals surface area contributed by atoms with Gasteiger partial charge in [-0.15, -0.1) is 0 Å². The number of halogens is 2. The lowest BCUT2D eigenvalue weighted by molar-refractivity contribution is -0.140. The number of nitrogens with one attached hydrogen (secondary N) is 1. The van der Waals surface area contributed by atoms with E-state index < -0.39 is 16.1 Å². The Hall–Kier alpha value is -2.49. The van der Waals surface area contributed by atoms with E-state index in [9.17, 15) is 18.0 Å². The molecule has 2 rings (SSSR count). The van der Waals surface area contributed by atoms with Gasteiger partial charge >= 0.3 is 0 Å². The lowest BCUT2D eigenvalue weighted by Gasteiger charge is -2.30. The fourth-order valence-electron chi connectivity index (χ4n) is 3.71. The number of ether oxygens (including phenoxy) is 1. The van der Waals surface area contributed by atoms with E-state index in [1.807, 2.05) is 13.8 Å². The van der Waals surface area contributed by atoms with Gasteiger partial charge in [0.25, 0.3) is 0 Å². The molecule has 0 aliphatic rings. The van der Waals surface area contributed by atoms with Crippen molar-refractivity contribution in [3.05, 3.63) is 58.1 Å². The van der Waals surface area contributed by atoms with Crippen molar-refractivity contribution in [1.82, 2.24) is 10.2 Å². The third-order valence-electron chi connectivity index (χ3n) is 5.69. The number of nitrogens with zero attached hydrogens (tertiary/aromatic N) is 2. The summed E-state index contributed by atoms with van der Waals surface area (Å²) in [6.07, 6.45) is 2.15. The van der Waals surface area contributed by atoms with Gasteiger partial charge in [0.2, 0.25) is 21.8 Å². The molecule has 0 bridgehead atoms. The smallest absolute Gasteiger partial charge is 0.242 e. The van der Waals surface area contributed by atoms with Gasteiger partial charge in [-0.2, -0.15) is 0 Å². The number of sulfonamides is 1. The Bertz CT molecular complexity index is 1140. The van der Waals surface area contributed by atoms with Crippen molar-refractivity contribution >= 4 is 50.7 Å². The molecule has 8 nitrogen and oxygen atoms in total. The molecule has 0 fully saturated rings. The highest BCUT2D eigenvalue weighted by Crippen LogP contribution is 2.27. The molecule has 0 spiro atoms. The van der Waals surface area contributed by atoms with Crippen LogP contribution in [0.4, 0.5) is 5.69 Å². The number of hydrogen-bond donors (Lipinski definition) is 1. The molecule has 0 radical (unpaired) electrons. The zero-order valence-corrected chi connectivity index (χ0v) is 24.0. The van der Waals surface area contributed by atoms with Crippen LogP contribution in [-0.2, 0) is 26.2 Å². The van der Waals surface area contributed by atoms with Crippen LogP contribution in [0.1, 0.15) is 45.6 Å². The lowest BCUT2D eigenvalue weighted by Crippen LogP contribution is -2.48. The molecule has 37 heavy (non-hydrogen) atoms. The molecule has 1 N–H and O–H groups in total. The summed E-state index contributed by atoms with van der Waals surface area (Å²) in [6, 6.07) is 11.0. The number of rotatable bonds is 14. The van der Waals surface area contributed by atoms with E-state index >= 15 is 0 Å². The molecule has 0 saturated carbocycles. The average molecular weight is 573 g/mol. The Balaban J connectivity index is 2.19. The third kappa shape index (κ3) is 9.09. The van der Waals surface area contributed by atoms with Gasteiger partial charge in [-0.1, -0.05) is 36.2 Å². The van der Waals surface area contributed by atoms with E-state index in [-0.39, 0.29) is 37.7 Å².